The quantitative estimate of drug-likeness (QED) is 0.711. The van der Waals surface area contributed by atoms with E-state index in [2.05, 4.69) is 24.8 Å². The molecule has 0 saturated heterocycles. The lowest BCUT2D eigenvalue weighted by molar-refractivity contribution is 0.328. The van der Waals surface area contributed by atoms with Crippen LogP contribution in [0.2, 0.25) is 0 Å². The van der Waals surface area contributed by atoms with Crippen molar-refractivity contribution in [2.75, 3.05) is 24.2 Å². The third kappa shape index (κ3) is 3.84. The molecule has 0 unspecified atom stereocenters. The summed E-state index contributed by atoms with van der Waals surface area (Å²) in [6.07, 6.45) is 9.11. The second kappa shape index (κ2) is 7.32. The number of ether oxygens (including phenoxy) is 1. The molecule has 0 radical (unpaired) electrons. The molecule has 7 nitrogen and oxygen atoms in total. The van der Waals surface area contributed by atoms with Gasteiger partial charge >= 0.3 is 0 Å². The molecule has 0 atom stereocenters. The second-order valence-corrected chi connectivity index (χ2v) is 4.31. The first-order valence-electron chi connectivity index (χ1n) is 6.74. The average molecular weight is 276 g/mol. The zero-order chi connectivity index (χ0) is 14.2. The predicted molar refractivity (Wildman–Crippen MR) is 77.6 cm³/mol. The predicted octanol–water partition coefficient (Wildman–Crippen LogP) is 1.55. The molecule has 0 spiro atoms. The fourth-order valence-electron chi connectivity index (χ4n) is 1.82. The van der Waals surface area contributed by atoms with Crippen molar-refractivity contribution in [2.45, 2.75) is 26.3 Å². The summed E-state index contributed by atoms with van der Waals surface area (Å²) >= 11 is 0. The van der Waals surface area contributed by atoms with Gasteiger partial charge in [-0.1, -0.05) is 0 Å². The van der Waals surface area contributed by atoms with Crippen molar-refractivity contribution in [3.05, 3.63) is 25.0 Å². The molecule has 0 aliphatic carbocycles. The Labute approximate surface area is 118 Å². The van der Waals surface area contributed by atoms with Gasteiger partial charge in [-0.15, -0.1) is 0 Å². The van der Waals surface area contributed by atoms with Crippen LogP contribution in [0.3, 0.4) is 0 Å². The smallest absolute Gasteiger partial charge is 0.242 e. The Morgan fingerprint density at radius 1 is 1.35 bits per heavy atom. The molecule has 0 aromatic carbocycles. The van der Waals surface area contributed by atoms with Crippen molar-refractivity contribution in [3.63, 3.8) is 0 Å². The number of nitrogens with two attached hydrogens (primary N) is 1. The molecular formula is C13H20N6O. The van der Waals surface area contributed by atoms with Gasteiger partial charge in [0.1, 0.15) is 12.0 Å². The third-order valence-corrected chi connectivity index (χ3v) is 2.82. The van der Waals surface area contributed by atoms with Gasteiger partial charge in [-0.3, -0.25) is 0 Å². The summed E-state index contributed by atoms with van der Waals surface area (Å²) in [5, 5.41) is 3.21. The highest BCUT2D eigenvalue weighted by Gasteiger charge is 2.07. The van der Waals surface area contributed by atoms with E-state index < -0.39 is 0 Å². The van der Waals surface area contributed by atoms with E-state index in [1.165, 1.54) is 6.33 Å². The van der Waals surface area contributed by atoms with Crippen molar-refractivity contribution in [1.29, 1.82) is 0 Å². The minimum atomic E-state index is 0.434. The normalized spacial score (nSPS) is 10.4. The van der Waals surface area contributed by atoms with Crippen LogP contribution in [0.5, 0.6) is 5.88 Å². The van der Waals surface area contributed by atoms with Gasteiger partial charge in [-0.25, -0.2) is 9.97 Å². The SMILES string of the molecule is CCOc1ncnc(NCCCCn2ccnc2)c1N. The van der Waals surface area contributed by atoms with E-state index in [4.69, 9.17) is 10.5 Å². The molecule has 0 fully saturated rings. The Balaban J connectivity index is 1.75. The number of hydrogen-bond acceptors (Lipinski definition) is 6. The number of nitrogens with one attached hydrogen (secondary N) is 1. The Kier molecular flexibility index (Phi) is 5.16. The highest BCUT2D eigenvalue weighted by atomic mass is 16.5. The van der Waals surface area contributed by atoms with E-state index >= 15 is 0 Å². The zero-order valence-corrected chi connectivity index (χ0v) is 11.6. The number of hydrogen-bond donors (Lipinski definition) is 2. The summed E-state index contributed by atoms with van der Waals surface area (Å²) in [7, 11) is 0. The molecule has 2 rings (SSSR count). The maximum Gasteiger partial charge on any atom is 0.242 e. The lowest BCUT2D eigenvalue weighted by Crippen LogP contribution is -2.09. The highest BCUT2D eigenvalue weighted by molar-refractivity contribution is 5.66. The Morgan fingerprint density at radius 2 is 2.25 bits per heavy atom. The summed E-state index contributed by atoms with van der Waals surface area (Å²) in [5.41, 5.74) is 6.40. The lowest BCUT2D eigenvalue weighted by atomic mass is 10.3. The van der Waals surface area contributed by atoms with Crippen LogP contribution >= 0.6 is 0 Å². The molecule has 2 aromatic heterocycles. The van der Waals surface area contributed by atoms with Crippen molar-refractivity contribution >= 4 is 11.5 Å². The van der Waals surface area contributed by atoms with Crippen LogP contribution in [0.25, 0.3) is 0 Å². The zero-order valence-electron chi connectivity index (χ0n) is 11.6. The van der Waals surface area contributed by atoms with Gasteiger partial charge in [-0.2, -0.15) is 4.98 Å². The van der Waals surface area contributed by atoms with Gasteiger partial charge in [0.05, 0.1) is 12.9 Å². The Hall–Kier alpha value is -2.31. The number of nitrogen functional groups attached to an aromatic ring is 1. The minimum absolute atomic E-state index is 0.434. The number of rotatable bonds is 8. The summed E-state index contributed by atoms with van der Waals surface area (Å²) in [5.74, 6) is 1.06. The van der Waals surface area contributed by atoms with Crippen molar-refractivity contribution in [1.82, 2.24) is 19.5 Å². The van der Waals surface area contributed by atoms with Crippen LogP contribution in [0, 0.1) is 0 Å². The second-order valence-electron chi connectivity index (χ2n) is 4.31. The van der Waals surface area contributed by atoms with Crippen LogP contribution < -0.4 is 15.8 Å². The molecule has 0 aliphatic heterocycles. The van der Waals surface area contributed by atoms with Gasteiger partial charge in [0.25, 0.3) is 0 Å². The number of aromatic nitrogens is 4. The van der Waals surface area contributed by atoms with E-state index in [0.29, 0.717) is 24.0 Å². The van der Waals surface area contributed by atoms with Gasteiger partial charge in [0.2, 0.25) is 5.88 Å². The molecule has 0 saturated carbocycles. The maximum atomic E-state index is 5.94. The largest absolute Gasteiger partial charge is 0.476 e. The third-order valence-electron chi connectivity index (χ3n) is 2.82. The minimum Gasteiger partial charge on any atom is -0.476 e. The van der Waals surface area contributed by atoms with Crippen LogP contribution in [0.1, 0.15) is 19.8 Å². The van der Waals surface area contributed by atoms with Crippen LogP contribution in [0.4, 0.5) is 11.5 Å². The van der Waals surface area contributed by atoms with E-state index in [0.717, 1.165) is 25.9 Å². The first kappa shape index (κ1) is 14.1. The fourth-order valence-corrected chi connectivity index (χ4v) is 1.82. The molecule has 2 aromatic rings. The highest BCUT2D eigenvalue weighted by Crippen LogP contribution is 2.24. The van der Waals surface area contributed by atoms with Crippen molar-refractivity contribution < 1.29 is 4.74 Å². The number of aryl methyl sites for hydroxylation is 1. The first-order valence-corrected chi connectivity index (χ1v) is 6.74. The van der Waals surface area contributed by atoms with Gasteiger partial charge in [0, 0.05) is 25.5 Å². The number of unbranched alkanes of at least 4 members (excludes halogenated alkanes) is 1. The van der Waals surface area contributed by atoms with E-state index in [1.807, 2.05) is 19.4 Å². The molecule has 2 heterocycles. The number of anilines is 2. The van der Waals surface area contributed by atoms with Crippen molar-refractivity contribution in [3.8, 4) is 5.88 Å². The standard InChI is InChI=1S/C13H20N6O/c1-2-20-13-11(14)12(17-9-18-13)16-5-3-4-7-19-8-6-15-10-19/h6,8-10H,2-5,7,14H2,1H3,(H,16,17,18). The van der Waals surface area contributed by atoms with Crippen LogP contribution in [-0.4, -0.2) is 32.7 Å². The molecular weight excluding hydrogens is 256 g/mol. The number of imidazole rings is 1. The molecule has 7 heteroatoms. The summed E-state index contributed by atoms with van der Waals surface area (Å²) in [4.78, 5) is 12.1. The van der Waals surface area contributed by atoms with E-state index in [-0.39, 0.29) is 0 Å². The topological polar surface area (TPSA) is 90.9 Å². The molecule has 0 amide bonds. The molecule has 0 bridgehead atoms. The summed E-state index contributed by atoms with van der Waals surface area (Å²) < 4.78 is 7.39. The van der Waals surface area contributed by atoms with Crippen LogP contribution in [-0.2, 0) is 6.54 Å². The Bertz CT molecular complexity index is 514. The van der Waals surface area contributed by atoms with E-state index in [1.54, 1.807) is 6.20 Å². The number of nitrogens with zero attached hydrogens (tertiary/aromatic N) is 4. The Morgan fingerprint density at radius 3 is 3.00 bits per heavy atom. The molecule has 0 aliphatic rings. The van der Waals surface area contributed by atoms with E-state index in [9.17, 15) is 0 Å². The van der Waals surface area contributed by atoms with Gasteiger partial charge in [0.15, 0.2) is 5.82 Å². The fraction of sp³-hybridized carbons (Fsp3) is 0.462. The van der Waals surface area contributed by atoms with Crippen LogP contribution in [0.15, 0.2) is 25.0 Å². The molecule has 108 valence electrons. The van der Waals surface area contributed by atoms with Gasteiger partial charge in [-0.05, 0) is 19.8 Å². The average Bonchev–Trinajstić information content (AvgIpc) is 2.96. The molecule has 20 heavy (non-hydrogen) atoms. The van der Waals surface area contributed by atoms with Crippen molar-refractivity contribution in [2.24, 2.45) is 0 Å². The summed E-state index contributed by atoms with van der Waals surface area (Å²) in [6, 6.07) is 0. The lowest BCUT2D eigenvalue weighted by Gasteiger charge is -2.11. The molecule has 3 N–H and O–H groups in total. The summed E-state index contributed by atoms with van der Waals surface area (Å²) in [6.45, 7) is 4.20. The first-order chi connectivity index (χ1) is 9.81. The monoisotopic (exact) mass is 276 g/mol. The van der Waals surface area contributed by atoms with Gasteiger partial charge < -0.3 is 20.4 Å². The maximum absolute atomic E-state index is 5.94.